The maximum atomic E-state index is 12.9. The van der Waals surface area contributed by atoms with Crippen molar-refractivity contribution < 1.29 is 4.39 Å². The van der Waals surface area contributed by atoms with E-state index in [-0.39, 0.29) is 5.82 Å². The zero-order valence-corrected chi connectivity index (χ0v) is 10.2. The second-order valence-electron chi connectivity index (χ2n) is 4.10. The Kier molecular flexibility index (Phi) is 3.62. The molecule has 0 aromatic heterocycles. The van der Waals surface area contributed by atoms with Gasteiger partial charge in [0.25, 0.3) is 0 Å². The van der Waals surface area contributed by atoms with Gasteiger partial charge in [-0.05, 0) is 47.0 Å². The van der Waals surface area contributed by atoms with Crippen molar-refractivity contribution in [2.45, 2.75) is 38.1 Å². The van der Waals surface area contributed by atoms with Crippen LogP contribution < -0.4 is 5.32 Å². The third-order valence-corrected chi connectivity index (χ3v) is 3.55. The van der Waals surface area contributed by atoms with Crippen LogP contribution in [-0.2, 0) is 0 Å². The number of hydrogen-bond acceptors (Lipinski definition) is 1. The van der Waals surface area contributed by atoms with Gasteiger partial charge in [0.05, 0.1) is 0 Å². The molecule has 1 N–H and O–H groups in total. The molecule has 0 bridgehead atoms. The number of benzene rings is 1. The van der Waals surface area contributed by atoms with Gasteiger partial charge < -0.3 is 5.32 Å². The quantitative estimate of drug-likeness (QED) is 0.844. The Labute approximate surface area is 98.2 Å². The van der Waals surface area contributed by atoms with Crippen molar-refractivity contribution >= 4 is 21.6 Å². The Morgan fingerprint density at radius 2 is 1.93 bits per heavy atom. The fourth-order valence-electron chi connectivity index (χ4n) is 2.07. The Hall–Kier alpha value is -0.570. The monoisotopic (exact) mass is 271 g/mol. The van der Waals surface area contributed by atoms with Crippen LogP contribution in [0.4, 0.5) is 10.1 Å². The molecule has 0 atom stereocenters. The molecule has 1 nitrogen and oxygen atoms in total. The minimum absolute atomic E-state index is 0.198. The summed E-state index contributed by atoms with van der Waals surface area (Å²) in [7, 11) is 0. The van der Waals surface area contributed by atoms with Crippen LogP contribution in [0.25, 0.3) is 0 Å². The van der Waals surface area contributed by atoms with Gasteiger partial charge in [-0.2, -0.15) is 0 Å². The standard InChI is InChI=1S/C12H15BrFN/c13-11-8-9(14)6-7-12(11)15-10-4-2-1-3-5-10/h6-8,10,15H,1-5H2. The average Bonchev–Trinajstić information content (AvgIpc) is 2.24. The van der Waals surface area contributed by atoms with E-state index in [1.807, 2.05) is 0 Å². The van der Waals surface area contributed by atoms with Crippen molar-refractivity contribution in [3.63, 3.8) is 0 Å². The molecular weight excluding hydrogens is 257 g/mol. The lowest BCUT2D eigenvalue weighted by Gasteiger charge is -2.24. The summed E-state index contributed by atoms with van der Waals surface area (Å²) in [6.45, 7) is 0. The third kappa shape index (κ3) is 2.94. The highest BCUT2D eigenvalue weighted by Crippen LogP contribution is 2.27. The van der Waals surface area contributed by atoms with Gasteiger partial charge in [0.15, 0.2) is 0 Å². The highest BCUT2D eigenvalue weighted by molar-refractivity contribution is 9.10. The Morgan fingerprint density at radius 3 is 2.60 bits per heavy atom. The van der Waals surface area contributed by atoms with Crippen LogP contribution in [0.5, 0.6) is 0 Å². The van der Waals surface area contributed by atoms with E-state index in [1.54, 1.807) is 6.07 Å². The van der Waals surface area contributed by atoms with Gasteiger partial charge >= 0.3 is 0 Å². The van der Waals surface area contributed by atoms with Gasteiger partial charge in [-0.3, -0.25) is 0 Å². The van der Waals surface area contributed by atoms with E-state index in [0.717, 1.165) is 10.2 Å². The fraction of sp³-hybridized carbons (Fsp3) is 0.500. The largest absolute Gasteiger partial charge is 0.381 e. The highest BCUT2D eigenvalue weighted by atomic mass is 79.9. The van der Waals surface area contributed by atoms with E-state index in [0.29, 0.717) is 6.04 Å². The number of halogens is 2. The summed E-state index contributed by atoms with van der Waals surface area (Å²) in [6, 6.07) is 5.36. The topological polar surface area (TPSA) is 12.0 Å². The van der Waals surface area contributed by atoms with E-state index in [1.165, 1.54) is 44.2 Å². The molecule has 2 rings (SSSR count). The van der Waals surface area contributed by atoms with Crippen molar-refractivity contribution in [1.29, 1.82) is 0 Å². The Balaban J connectivity index is 2.03. The molecular formula is C12H15BrFN. The van der Waals surface area contributed by atoms with Crippen LogP contribution in [-0.4, -0.2) is 6.04 Å². The van der Waals surface area contributed by atoms with Crippen LogP contribution in [0.3, 0.4) is 0 Å². The van der Waals surface area contributed by atoms with E-state index in [4.69, 9.17) is 0 Å². The van der Waals surface area contributed by atoms with Gasteiger partial charge in [0.1, 0.15) is 5.82 Å². The van der Waals surface area contributed by atoms with Gasteiger partial charge in [-0.25, -0.2) is 4.39 Å². The molecule has 1 fully saturated rings. The second kappa shape index (κ2) is 4.97. The molecule has 0 spiro atoms. The average molecular weight is 272 g/mol. The van der Waals surface area contributed by atoms with Crippen molar-refractivity contribution in [3.05, 3.63) is 28.5 Å². The molecule has 0 heterocycles. The molecule has 1 saturated carbocycles. The predicted molar refractivity (Wildman–Crippen MR) is 64.6 cm³/mol. The molecule has 0 aliphatic heterocycles. The van der Waals surface area contributed by atoms with Crippen LogP contribution in [0.2, 0.25) is 0 Å². The zero-order valence-electron chi connectivity index (χ0n) is 8.60. The normalized spacial score (nSPS) is 17.7. The zero-order chi connectivity index (χ0) is 10.7. The summed E-state index contributed by atoms with van der Waals surface area (Å²) in [4.78, 5) is 0. The summed E-state index contributed by atoms with van der Waals surface area (Å²) in [5, 5.41) is 3.46. The summed E-state index contributed by atoms with van der Waals surface area (Å²) < 4.78 is 13.7. The van der Waals surface area contributed by atoms with Gasteiger partial charge in [-0.1, -0.05) is 19.3 Å². The van der Waals surface area contributed by atoms with E-state index in [9.17, 15) is 4.39 Å². The van der Waals surface area contributed by atoms with Crippen LogP contribution in [0, 0.1) is 5.82 Å². The summed E-state index contributed by atoms with van der Waals surface area (Å²) in [5.41, 5.74) is 1.00. The van der Waals surface area contributed by atoms with E-state index >= 15 is 0 Å². The molecule has 1 aromatic rings. The minimum Gasteiger partial charge on any atom is -0.381 e. The molecule has 3 heteroatoms. The third-order valence-electron chi connectivity index (χ3n) is 2.90. The predicted octanol–water partition coefficient (Wildman–Crippen LogP) is 4.33. The van der Waals surface area contributed by atoms with Gasteiger partial charge in [-0.15, -0.1) is 0 Å². The molecule has 15 heavy (non-hydrogen) atoms. The van der Waals surface area contributed by atoms with Crippen molar-refractivity contribution in [1.82, 2.24) is 0 Å². The summed E-state index contributed by atoms with van der Waals surface area (Å²) in [6.07, 6.45) is 6.41. The maximum Gasteiger partial charge on any atom is 0.124 e. The molecule has 0 amide bonds. The van der Waals surface area contributed by atoms with Crippen molar-refractivity contribution in [2.24, 2.45) is 0 Å². The van der Waals surface area contributed by atoms with Crippen LogP contribution in [0.1, 0.15) is 32.1 Å². The van der Waals surface area contributed by atoms with Gasteiger partial charge in [0, 0.05) is 16.2 Å². The smallest absolute Gasteiger partial charge is 0.124 e. The Morgan fingerprint density at radius 1 is 1.20 bits per heavy atom. The molecule has 1 aliphatic rings. The number of hydrogen-bond donors (Lipinski definition) is 1. The van der Waals surface area contributed by atoms with Crippen LogP contribution >= 0.6 is 15.9 Å². The SMILES string of the molecule is Fc1ccc(NC2CCCCC2)c(Br)c1. The molecule has 1 aliphatic carbocycles. The van der Waals surface area contributed by atoms with Gasteiger partial charge in [0.2, 0.25) is 0 Å². The molecule has 0 unspecified atom stereocenters. The summed E-state index contributed by atoms with van der Waals surface area (Å²) in [5.74, 6) is -0.198. The lowest BCUT2D eigenvalue weighted by molar-refractivity contribution is 0.462. The lowest BCUT2D eigenvalue weighted by Crippen LogP contribution is -2.22. The van der Waals surface area contributed by atoms with Crippen LogP contribution in [0.15, 0.2) is 22.7 Å². The molecule has 0 radical (unpaired) electrons. The Bertz CT molecular complexity index is 334. The van der Waals surface area contributed by atoms with E-state index < -0.39 is 0 Å². The molecule has 1 aromatic carbocycles. The van der Waals surface area contributed by atoms with Crippen molar-refractivity contribution in [2.75, 3.05) is 5.32 Å². The maximum absolute atomic E-state index is 12.9. The second-order valence-corrected chi connectivity index (χ2v) is 4.96. The van der Waals surface area contributed by atoms with E-state index in [2.05, 4.69) is 21.2 Å². The fourth-order valence-corrected chi connectivity index (χ4v) is 2.54. The first-order valence-electron chi connectivity index (χ1n) is 5.47. The number of anilines is 1. The first-order valence-corrected chi connectivity index (χ1v) is 6.26. The number of rotatable bonds is 2. The summed E-state index contributed by atoms with van der Waals surface area (Å²) >= 11 is 3.37. The lowest BCUT2D eigenvalue weighted by atomic mass is 9.95. The highest BCUT2D eigenvalue weighted by Gasteiger charge is 2.13. The van der Waals surface area contributed by atoms with Crippen molar-refractivity contribution in [3.8, 4) is 0 Å². The number of nitrogens with one attached hydrogen (secondary N) is 1. The minimum atomic E-state index is -0.198. The molecule has 0 saturated heterocycles. The molecule has 82 valence electrons. The first-order chi connectivity index (χ1) is 7.25. The first kappa shape index (κ1) is 10.9.